The summed E-state index contributed by atoms with van der Waals surface area (Å²) in [6.45, 7) is 10.9. The molecule has 2 heterocycles. The maximum Gasteiger partial charge on any atom is 0.272 e. The summed E-state index contributed by atoms with van der Waals surface area (Å²) in [5, 5.41) is 5.43. The Bertz CT molecular complexity index is 1110. The predicted octanol–water partition coefficient (Wildman–Crippen LogP) is 3.34. The fourth-order valence-electron chi connectivity index (χ4n) is 4.18. The summed E-state index contributed by atoms with van der Waals surface area (Å²) in [6.07, 6.45) is 0.493. The summed E-state index contributed by atoms with van der Waals surface area (Å²) < 4.78 is 36.1. The third-order valence-corrected chi connectivity index (χ3v) is 5.90. The molecule has 0 saturated carbocycles. The largest absolute Gasteiger partial charge is 0.490 e. The van der Waals surface area contributed by atoms with Crippen molar-refractivity contribution in [3.8, 4) is 17.1 Å². The summed E-state index contributed by atoms with van der Waals surface area (Å²) in [5.74, 6) is -2.41. The van der Waals surface area contributed by atoms with Crippen molar-refractivity contribution in [1.29, 1.82) is 0 Å². The van der Waals surface area contributed by atoms with Crippen LogP contribution in [0.15, 0.2) is 12.1 Å². The minimum absolute atomic E-state index is 0.145. The number of nitrogens with zero attached hydrogens (tertiary/aromatic N) is 3. The van der Waals surface area contributed by atoms with Gasteiger partial charge in [0, 0.05) is 26.2 Å². The zero-order valence-electron chi connectivity index (χ0n) is 21.5. The molecule has 2 aromatic rings. The number of benzene rings is 1. The van der Waals surface area contributed by atoms with Crippen LogP contribution >= 0.6 is 0 Å². The van der Waals surface area contributed by atoms with Gasteiger partial charge in [0.2, 0.25) is 5.91 Å². The summed E-state index contributed by atoms with van der Waals surface area (Å²) in [7, 11) is 3.46. The van der Waals surface area contributed by atoms with Crippen molar-refractivity contribution in [2.24, 2.45) is 5.41 Å². The molecule has 192 valence electrons. The lowest BCUT2D eigenvalue weighted by Crippen LogP contribution is -2.53. The van der Waals surface area contributed by atoms with Crippen LogP contribution in [-0.4, -0.2) is 59.1 Å². The molecule has 1 atom stereocenters. The molecule has 0 saturated heterocycles. The minimum Gasteiger partial charge on any atom is -0.490 e. The molecule has 0 bridgehead atoms. The van der Waals surface area contributed by atoms with Crippen LogP contribution in [0.25, 0.3) is 11.4 Å². The molecule has 10 heteroatoms. The Balaban J connectivity index is 2.16. The molecule has 1 aromatic carbocycles. The molecule has 1 aromatic heterocycles. The molecule has 1 aliphatic rings. The van der Waals surface area contributed by atoms with Gasteiger partial charge in [0.25, 0.3) is 5.91 Å². The first-order valence-corrected chi connectivity index (χ1v) is 11.8. The highest BCUT2D eigenvalue weighted by Crippen LogP contribution is 2.35. The van der Waals surface area contributed by atoms with Gasteiger partial charge < -0.3 is 24.8 Å². The van der Waals surface area contributed by atoms with Gasteiger partial charge >= 0.3 is 0 Å². The van der Waals surface area contributed by atoms with Crippen LogP contribution in [0.3, 0.4) is 0 Å². The molecule has 0 aliphatic carbocycles. The van der Waals surface area contributed by atoms with Crippen LogP contribution in [-0.2, 0) is 17.9 Å². The number of likely N-dealkylation sites (N-methyl/N-ethyl adjacent to an activating group) is 1. The van der Waals surface area contributed by atoms with E-state index in [9.17, 15) is 18.4 Å². The quantitative estimate of drug-likeness (QED) is 0.647. The van der Waals surface area contributed by atoms with Gasteiger partial charge in [-0.2, -0.15) is 0 Å². The Labute approximate surface area is 205 Å². The van der Waals surface area contributed by atoms with Gasteiger partial charge in [0.15, 0.2) is 17.3 Å². The van der Waals surface area contributed by atoms with Crippen LogP contribution in [0.2, 0.25) is 0 Å². The van der Waals surface area contributed by atoms with Gasteiger partial charge in [0.1, 0.15) is 17.6 Å². The van der Waals surface area contributed by atoms with Crippen LogP contribution in [0.5, 0.6) is 5.75 Å². The van der Waals surface area contributed by atoms with Gasteiger partial charge in [-0.1, -0.05) is 20.8 Å². The number of hydrogen-bond donors (Lipinski definition) is 2. The van der Waals surface area contributed by atoms with E-state index in [0.29, 0.717) is 24.6 Å². The van der Waals surface area contributed by atoms with Crippen LogP contribution in [0.4, 0.5) is 8.78 Å². The average Bonchev–Trinajstić information content (AvgIpc) is 2.98. The number of fused-ring (bicyclic) bond motifs is 1. The van der Waals surface area contributed by atoms with Crippen molar-refractivity contribution in [1.82, 2.24) is 25.1 Å². The van der Waals surface area contributed by atoms with Gasteiger partial charge in [-0.3, -0.25) is 9.59 Å². The first kappa shape index (κ1) is 26.6. The number of hydrogen-bond acceptors (Lipinski definition) is 5. The van der Waals surface area contributed by atoms with Gasteiger partial charge in [-0.05, 0) is 45.3 Å². The van der Waals surface area contributed by atoms with E-state index in [-0.39, 0.29) is 29.0 Å². The highest BCUT2D eigenvalue weighted by Gasteiger charge is 2.35. The van der Waals surface area contributed by atoms with E-state index in [1.165, 1.54) is 7.05 Å². The molecule has 0 spiro atoms. The minimum atomic E-state index is -1.03. The van der Waals surface area contributed by atoms with Crippen LogP contribution < -0.4 is 15.4 Å². The molecular formula is C25H35F2N5O3. The van der Waals surface area contributed by atoms with Crippen molar-refractivity contribution in [2.75, 3.05) is 20.6 Å². The first-order valence-electron chi connectivity index (χ1n) is 11.8. The number of carbonyl (C=O) groups excluding carboxylic acids is 2. The van der Waals surface area contributed by atoms with E-state index >= 15 is 0 Å². The maximum atomic E-state index is 14.4. The van der Waals surface area contributed by atoms with E-state index in [0.717, 1.165) is 25.1 Å². The van der Waals surface area contributed by atoms with Crippen molar-refractivity contribution in [3.63, 3.8) is 0 Å². The SMILES string of the molecule is CNC(=O)[C@@H](NC(=O)c1nc(-c2cc(F)c(F)cc2OC(C)C)n2c1CN(C)CCC2)C(C)(C)C. The molecule has 1 aliphatic heterocycles. The van der Waals surface area contributed by atoms with Gasteiger partial charge in [-0.25, -0.2) is 13.8 Å². The lowest BCUT2D eigenvalue weighted by Gasteiger charge is -2.29. The van der Waals surface area contributed by atoms with Crippen LogP contribution in [0, 0.1) is 17.0 Å². The first-order chi connectivity index (χ1) is 16.3. The topological polar surface area (TPSA) is 88.5 Å². The third kappa shape index (κ3) is 5.80. The number of nitrogens with one attached hydrogen (secondary N) is 2. The molecule has 0 unspecified atom stereocenters. The van der Waals surface area contributed by atoms with E-state index < -0.39 is 29.0 Å². The fourth-order valence-corrected chi connectivity index (χ4v) is 4.18. The zero-order valence-corrected chi connectivity index (χ0v) is 21.5. The second-order valence-electron chi connectivity index (χ2n) is 10.3. The molecule has 2 amide bonds. The molecule has 0 radical (unpaired) electrons. The predicted molar refractivity (Wildman–Crippen MR) is 129 cm³/mol. The van der Waals surface area contributed by atoms with Crippen molar-refractivity contribution < 1.29 is 23.1 Å². The Morgan fingerprint density at radius 3 is 2.40 bits per heavy atom. The Hall–Kier alpha value is -3.01. The smallest absolute Gasteiger partial charge is 0.272 e. The number of ether oxygens (including phenoxy) is 1. The summed E-state index contributed by atoms with van der Waals surface area (Å²) in [6, 6.07) is 1.27. The number of carbonyl (C=O) groups is 2. The summed E-state index contributed by atoms with van der Waals surface area (Å²) >= 11 is 0. The summed E-state index contributed by atoms with van der Waals surface area (Å²) in [5.41, 5.74) is 0.500. The lowest BCUT2D eigenvalue weighted by molar-refractivity contribution is -0.124. The Morgan fingerprint density at radius 1 is 1.14 bits per heavy atom. The number of imidazole rings is 1. The number of aromatic nitrogens is 2. The van der Waals surface area contributed by atoms with Crippen molar-refractivity contribution in [2.45, 2.75) is 66.3 Å². The van der Waals surface area contributed by atoms with Gasteiger partial charge in [-0.15, -0.1) is 0 Å². The lowest BCUT2D eigenvalue weighted by atomic mass is 9.86. The van der Waals surface area contributed by atoms with Crippen molar-refractivity contribution >= 4 is 11.8 Å². The zero-order chi connectivity index (χ0) is 26.1. The van der Waals surface area contributed by atoms with E-state index in [1.54, 1.807) is 13.8 Å². The normalized spacial score (nSPS) is 15.4. The molecular weight excluding hydrogens is 456 g/mol. The highest BCUT2D eigenvalue weighted by molar-refractivity contribution is 5.98. The number of rotatable bonds is 6. The standard InChI is InChI=1S/C25H35F2N5O3/c1-14(2)35-19-12-17(27)16(26)11-15(19)22-29-20(18-13-31(7)9-8-10-32(18)22)23(33)30-21(24(34)28-6)25(3,4)5/h11-12,14,21H,8-10,13H2,1-7H3,(H,28,34)(H,30,33)/t21-/m1/s1. The molecule has 3 rings (SSSR count). The summed E-state index contributed by atoms with van der Waals surface area (Å²) in [4.78, 5) is 32.7. The highest BCUT2D eigenvalue weighted by atomic mass is 19.2. The van der Waals surface area contributed by atoms with Gasteiger partial charge in [0.05, 0.1) is 17.4 Å². The second kappa shape index (κ2) is 10.3. The van der Waals surface area contributed by atoms with Crippen LogP contribution in [0.1, 0.15) is 57.2 Å². The molecule has 35 heavy (non-hydrogen) atoms. The van der Waals surface area contributed by atoms with E-state index in [2.05, 4.69) is 20.5 Å². The number of halogens is 2. The molecule has 0 fully saturated rings. The second-order valence-corrected chi connectivity index (χ2v) is 10.3. The average molecular weight is 492 g/mol. The third-order valence-electron chi connectivity index (χ3n) is 5.90. The molecule has 2 N–H and O–H groups in total. The maximum absolute atomic E-state index is 14.4. The monoisotopic (exact) mass is 491 g/mol. The Morgan fingerprint density at radius 2 is 1.80 bits per heavy atom. The molecule has 8 nitrogen and oxygen atoms in total. The van der Waals surface area contributed by atoms with E-state index in [4.69, 9.17) is 4.74 Å². The Kier molecular flexibility index (Phi) is 7.83. The number of amides is 2. The van der Waals surface area contributed by atoms with Crippen molar-refractivity contribution in [3.05, 3.63) is 35.2 Å². The van der Waals surface area contributed by atoms with E-state index in [1.807, 2.05) is 32.4 Å². The fraction of sp³-hybridized carbons (Fsp3) is 0.560.